The van der Waals surface area contributed by atoms with Crippen LogP contribution < -0.4 is 16.2 Å². The highest BCUT2D eigenvalue weighted by atomic mass is 35.5. The van der Waals surface area contributed by atoms with Gasteiger partial charge in [-0.2, -0.15) is 0 Å². The van der Waals surface area contributed by atoms with Crippen LogP contribution in [0.15, 0.2) is 42.6 Å². The number of hydrazine groups is 1. The topological polar surface area (TPSA) is 120 Å². The van der Waals surface area contributed by atoms with Crippen molar-refractivity contribution in [3.8, 4) is 0 Å². The van der Waals surface area contributed by atoms with Gasteiger partial charge in [0.05, 0.1) is 6.42 Å². The molecule has 1 unspecified atom stereocenters. The summed E-state index contributed by atoms with van der Waals surface area (Å²) >= 11 is 5.86. The molecule has 0 bridgehead atoms. The third-order valence-corrected chi connectivity index (χ3v) is 4.84. The maximum Gasteiger partial charge on any atom is 0.303 e. The summed E-state index contributed by atoms with van der Waals surface area (Å²) in [6, 6.07) is 10.6. The Morgan fingerprint density at radius 3 is 2.42 bits per heavy atom. The summed E-state index contributed by atoms with van der Waals surface area (Å²) in [4.78, 5) is 39.5. The van der Waals surface area contributed by atoms with Crippen molar-refractivity contribution in [3.63, 3.8) is 0 Å². The molecule has 0 fully saturated rings. The zero-order chi connectivity index (χ0) is 22.6. The first-order valence-electron chi connectivity index (χ1n) is 10.0. The van der Waals surface area contributed by atoms with Gasteiger partial charge in [0.25, 0.3) is 0 Å². The molecular weight excluding hydrogens is 420 g/mol. The Kier molecular flexibility index (Phi) is 9.77. The SMILES string of the molecule is Cc1ccnc(NCCCCC(=O)NNC(=O)CC(CC(=O)O)c2ccc(Cl)cc2)c1. The number of aliphatic carboxylic acids is 1. The van der Waals surface area contributed by atoms with Crippen molar-refractivity contribution >= 4 is 35.2 Å². The number of carbonyl (C=O) groups is 3. The first-order valence-corrected chi connectivity index (χ1v) is 10.4. The average molecular weight is 447 g/mol. The van der Waals surface area contributed by atoms with E-state index in [1.54, 1.807) is 30.5 Å². The number of halogens is 1. The summed E-state index contributed by atoms with van der Waals surface area (Å²) in [5.74, 6) is -1.49. The van der Waals surface area contributed by atoms with Gasteiger partial charge >= 0.3 is 5.97 Å². The summed E-state index contributed by atoms with van der Waals surface area (Å²) in [5.41, 5.74) is 6.55. The Morgan fingerprint density at radius 2 is 1.74 bits per heavy atom. The van der Waals surface area contributed by atoms with Gasteiger partial charge in [-0.05, 0) is 55.2 Å². The Morgan fingerprint density at radius 1 is 1.03 bits per heavy atom. The van der Waals surface area contributed by atoms with Crippen molar-refractivity contribution in [2.24, 2.45) is 0 Å². The molecule has 1 heterocycles. The van der Waals surface area contributed by atoms with Crippen LogP contribution in [0, 0.1) is 6.92 Å². The number of benzene rings is 1. The Bertz CT molecular complexity index is 889. The van der Waals surface area contributed by atoms with Gasteiger partial charge < -0.3 is 10.4 Å². The second-order valence-corrected chi connectivity index (χ2v) is 7.69. The van der Waals surface area contributed by atoms with Gasteiger partial charge in [-0.3, -0.25) is 25.2 Å². The van der Waals surface area contributed by atoms with Crippen LogP contribution in [0.5, 0.6) is 0 Å². The third kappa shape index (κ3) is 9.48. The van der Waals surface area contributed by atoms with Gasteiger partial charge in [-0.25, -0.2) is 4.98 Å². The lowest BCUT2D eigenvalue weighted by molar-refractivity contribution is -0.137. The van der Waals surface area contributed by atoms with E-state index in [9.17, 15) is 14.4 Å². The number of carboxylic acids is 1. The van der Waals surface area contributed by atoms with Gasteiger partial charge in [0.2, 0.25) is 11.8 Å². The monoisotopic (exact) mass is 446 g/mol. The fourth-order valence-electron chi connectivity index (χ4n) is 2.99. The molecule has 0 aliphatic heterocycles. The fraction of sp³-hybridized carbons (Fsp3) is 0.364. The third-order valence-electron chi connectivity index (χ3n) is 4.59. The molecule has 0 aliphatic rings. The fourth-order valence-corrected chi connectivity index (χ4v) is 3.12. The molecular formula is C22H27ClN4O4. The smallest absolute Gasteiger partial charge is 0.303 e. The summed E-state index contributed by atoms with van der Waals surface area (Å²) in [6.07, 6.45) is 3.15. The largest absolute Gasteiger partial charge is 0.481 e. The molecule has 31 heavy (non-hydrogen) atoms. The number of anilines is 1. The molecule has 4 N–H and O–H groups in total. The molecule has 1 aromatic heterocycles. The Labute approximate surface area is 186 Å². The molecule has 0 saturated carbocycles. The van der Waals surface area contributed by atoms with Crippen LogP contribution in [0.3, 0.4) is 0 Å². The van der Waals surface area contributed by atoms with Crippen molar-refractivity contribution in [1.82, 2.24) is 15.8 Å². The number of nitrogens with one attached hydrogen (secondary N) is 3. The number of carbonyl (C=O) groups excluding carboxylic acids is 2. The first-order chi connectivity index (χ1) is 14.8. The zero-order valence-corrected chi connectivity index (χ0v) is 18.1. The summed E-state index contributed by atoms with van der Waals surface area (Å²) in [6.45, 7) is 2.68. The van der Waals surface area contributed by atoms with E-state index in [0.717, 1.165) is 17.8 Å². The van der Waals surface area contributed by atoms with Gasteiger partial charge in [0.1, 0.15) is 5.82 Å². The van der Waals surface area contributed by atoms with E-state index in [4.69, 9.17) is 16.7 Å². The van der Waals surface area contributed by atoms with Crippen LogP contribution in [-0.2, 0) is 14.4 Å². The highest BCUT2D eigenvalue weighted by molar-refractivity contribution is 6.30. The van der Waals surface area contributed by atoms with Crippen LogP contribution >= 0.6 is 11.6 Å². The molecule has 9 heteroatoms. The minimum atomic E-state index is -1.01. The molecule has 0 aliphatic carbocycles. The summed E-state index contributed by atoms with van der Waals surface area (Å²) in [5, 5.41) is 12.8. The number of rotatable bonds is 11. The van der Waals surface area contributed by atoms with E-state index < -0.39 is 17.8 Å². The van der Waals surface area contributed by atoms with Crippen LogP contribution in [-0.4, -0.2) is 34.4 Å². The van der Waals surface area contributed by atoms with Crippen molar-refractivity contribution in [3.05, 3.63) is 58.7 Å². The van der Waals surface area contributed by atoms with Crippen LogP contribution in [0.25, 0.3) is 0 Å². The van der Waals surface area contributed by atoms with Crippen LogP contribution in [0.4, 0.5) is 5.82 Å². The number of hydrogen-bond acceptors (Lipinski definition) is 5. The summed E-state index contributed by atoms with van der Waals surface area (Å²) < 4.78 is 0. The second-order valence-electron chi connectivity index (χ2n) is 7.25. The quantitative estimate of drug-likeness (QED) is 0.310. The molecule has 8 nitrogen and oxygen atoms in total. The molecule has 0 radical (unpaired) electrons. The second kappa shape index (κ2) is 12.5. The van der Waals surface area contributed by atoms with E-state index in [0.29, 0.717) is 23.6 Å². The molecule has 0 saturated heterocycles. The van der Waals surface area contributed by atoms with Crippen molar-refractivity contribution < 1.29 is 19.5 Å². The van der Waals surface area contributed by atoms with E-state index in [1.807, 2.05) is 19.1 Å². The van der Waals surface area contributed by atoms with Crippen LogP contribution in [0.1, 0.15) is 49.1 Å². The van der Waals surface area contributed by atoms with E-state index in [-0.39, 0.29) is 25.2 Å². The molecule has 2 rings (SSSR count). The number of nitrogens with zero attached hydrogens (tertiary/aromatic N) is 1. The number of carboxylic acid groups (broad SMARTS) is 1. The molecule has 0 spiro atoms. The summed E-state index contributed by atoms with van der Waals surface area (Å²) in [7, 11) is 0. The molecule has 2 amide bonds. The number of hydrogen-bond donors (Lipinski definition) is 4. The standard InChI is InChI=1S/C22H27ClN4O4/c1-15-9-11-25-19(12-15)24-10-3-2-4-20(28)26-27-21(29)13-17(14-22(30)31)16-5-7-18(23)8-6-16/h5-9,11-12,17H,2-4,10,13-14H2,1H3,(H,24,25)(H,26,28)(H,27,29)(H,30,31). The normalized spacial score (nSPS) is 11.4. The van der Waals surface area contributed by atoms with Gasteiger partial charge in [0.15, 0.2) is 0 Å². The lowest BCUT2D eigenvalue weighted by Crippen LogP contribution is -2.42. The molecule has 1 atom stereocenters. The molecule has 166 valence electrons. The predicted molar refractivity (Wildman–Crippen MR) is 119 cm³/mol. The number of pyridine rings is 1. The highest BCUT2D eigenvalue weighted by Crippen LogP contribution is 2.25. The van der Waals surface area contributed by atoms with Crippen molar-refractivity contribution in [2.75, 3.05) is 11.9 Å². The lowest BCUT2D eigenvalue weighted by Gasteiger charge is -2.15. The molecule has 2 aromatic rings. The van der Waals surface area contributed by atoms with E-state index in [1.165, 1.54) is 0 Å². The van der Waals surface area contributed by atoms with Crippen molar-refractivity contribution in [1.29, 1.82) is 0 Å². The maximum absolute atomic E-state index is 12.2. The van der Waals surface area contributed by atoms with Gasteiger partial charge in [-0.15, -0.1) is 0 Å². The minimum absolute atomic E-state index is 0.0678. The zero-order valence-electron chi connectivity index (χ0n) is 17.4. The predicted octanol–water partition coefficient (Wildman–Crippen LogP) is 3.42. The minimum Gasteiger partial charge on any atom is -0.481 e. The van der Waals surface area contributed by atoms with E-state index >= 15 is 0 Å². The van der Waals surface area contributed by atoms with Crippen LogP contribution in [0.2, 0.25) is 5.02 Å². The van der Waals surface area contributed by atoms with Crippen molar-refractivity contribution in [2.45, 2.75) is 44.9 Å². The lowest BCUT2D eigenvalue weighted by atomic mass is 9.92. The maximum atomic E-state index is 12.2. The average Bonchev–Trinajstić information content (AvgIpc) is 2.72. The number of unbranched alkanes of at least 4 members (excludes halogenated alkanes) is 1. The van der Waals surface area contributed by atoms with Gasteiger partial charge in [-0.1, -0.05) is 23.7 Å². The number of amides is 2. The first kappa shape index (κ1) is 24.1. The number of aromatic nitrogens is 1. The Balaban J connectivity index is 1.68. The number of aryl methyl sites for hydroxylation is 1. The van der Waals surface area contributed by atoms with Gasteiger partial charge in [0, 0.05) is 36.5 Å². The molecule has 1 aromatic carbocycles. The Hall–Kier alpha value is -3.13. The van der Waals surface area contributed by atoms with E-state index in [2.05, 4.69) is 21.2 Å². The highest BCUT2D eigenvalue weighted by Gasteiger charge is 2.19.